The molecule has 6 nitrogen and oxygen atoms in total. The molecule has 2 heterocycles. The van der Waals surface area contributed by atoms with Crippen LogP contribution in [0.25, 0.3) is 11.4 Å². The minimum absolute atomic E-state index is 0.0522. The number of benzene rings is 2. The smallest absolute Gasteiger partial charge is 0.209 e. The molecule has 8 heteroatoms. The second-order valence-electron chi connectivity index (χ2n) is 6.85. The van der Waals surface area contributed by atoms with Crippen LogP contribution in [0.1, 0.15) is 5.69 Å². The molecule has 0 radical (unpaired) electrons. The van der Waals surface area contributed by atoms with E-state index in [1.54, 1.807) is 17.0 Å². The molecule has 3 aromatic rings. The van der Waals surface area contributed by atoms with Gasteiger partial charge in [0.1, 0.15) is 11.9 Å². The van der Waals surface area contributed by atoms with Crippen molar-refractivity contribution in [1.82, 2.24) is 9.78 Å². The second-order valence-corrected chi connectivity index (χ2v) is 6.85. The van der Waals surface area contributed by atoms with E-state index in [-0.39, 0.29) is 29.9 Å². The van der Waals surface area contributed by atoms with E-state index in [0.717, 1.165) is 11.9 Å². The first-order valence-corrected chi connectivity index (χ1v) is 9.37. The number of halogens is 2. The third-order valence-corrected chi connectivity index (χ3v) is 4.75. The van der Waals surface area contributed by atoms with Crippen LogP contribution >= 0.6 is 0 Å². The summed E-state index contributed by atoms with van der Waals surface area (Å²) >= 11 is 0. The van der Waals surface area contributed by atoms with Crippen LogP contribution in [-0.4, -0.2) is 35.3 Å². The Morgan fingerprint density at radius 1 is 1.17 bits per heavy atom. The molecular formula is C22H19F2N5O. The summed E-state index contributed by atoms with van der Waals surface area (Å²) in [5.41, 5.74) is 1.49. The minimum Gasteiger partial charge on any atom is -0.365 e. The largest absolute Gasteiger partial charge is 0.365 e. The number of allylic oxidation sites excluding steroid dienone is 1. The Hall–Kier alpha value is -3.81. The van der Waals surface area contributed by atoms with E-state index in [2.05, 4.69) is 10.4 Å². The summed E-state index contributed by atoms with van der Waals surface area (Å²) < 4.78 is 29.1. The van der Waals surface area contributed by atoms with E-state index in [1.165, 1.54) is 29.1 Å². The maximum Gasteiger partial charge on any atom is 0.209 e. The predicted octanol–water partition coefficient (Wildman–Crippen LogP) is 3.63. The van der Waals surface area contributed by atoms with Crippen molar-refractivity contribution in [2.45, 2.75) is 6.17 Å². The van der Waals surface area contributed by atoms with Crippen LogP contribution in [0.5, 0.6) is 0 Å². The molecule has 2 N–H and O–H groups in total. The molecule has 1 fully saturated rings. The number of hydrogen-bond acceptors (Lipinski definition) is 5. The number of aromatic nitrogens is 2. The van der Waals surface area contributed by atoms with Crippen molar-refractivity contribution in [3.8, 4) is 5.69 Å². The Morgan fingerprint density at radius 3 is 2.60 bits per heavy atom. The molecule has 4 rings (SSSR count). The lowest BCUT2D eigenvalue weighted by Crippen LogP contribution is -2.48. The fourth-order valence-electron chi connectivity index (χ4n) is 3.18. The Labute approximate surface area is 171 Å². The van der Waals surface area contributed by atoms with Crippen molar-refractivity contribution in [3.05, 3.63) is 88.6 Å². The van der Waals surface area contributed by atoms with Gasteiger partial charge < -0.3 is 15.6 Å². The second kappa shape index (κ2) is 8.28. The highest BCUT2D eigenvalue weighted by atomic mass is 19.1. The van der Waals surface area contributed by atoms with Gasteiger partial charge >= 0.3 is 0 Å². The SMILES string of the molecule is N=C/C=C(\Nc1ccccc1)c1nn(-c2ccc(N3CC(F)C3)cc2F)ccc1=O. The highest BCUT2D eigenvalue weighted by Gasteiger charge is 2.26. The van der Waals surface area contributed by atoms with E-state index in [9.17, 15) is 13.6 Å². The summed E-state index contributed by atoms with van der Waals surface area (Å²) in [4.78, 5) is 14.2. The van der Waals surface area contributed by atoms with Crippen molar-refractivity contribution in [3.63, 3.8) is 0 Å². The molecule has 30 heavy (non-hydrogen) atoms. The number of hydrogen-bond donors (Lipinski definition) is 2. The molecule has 1 aromatic heterocycles. The first-order chi connectivity index (χ1) is 14.5. The Bertz CT molecular complexity index is 1150. The van der Waals surface area contributed by atoms with Crippen LogP contribution in [-0.2, 0) is 0 Å². The number of nitrogens with one attached hydrogen (secondary N) is 2. The van der Waals surface area contributed by atoms with Gasteiger partial charge in [0.2, 0.25) is 5.43 Å². The van der Waals surface area contributed by atoms with E-state index < -0.39 is 12.0 Å². The van der Waals surface area contributed by atoms with E-state index in [1.807, 2.05) is 30.3 Å². The van der Waals surface area contributed by atoms with E-state index >= 15 is 0 Å². The Balaban J connectivity index is 1.68. The average Bonchev–Trinajstić information content (AvgIpc) is 2.72. The molecule has 0 unspecified atom stereocenters. The minimum atomic E-state index is -0.882. The molecule has 0 atom stereocenters. The van der Waals surface area contributed by atoms with Gasteiger partial charge in [0.25, 0.3) is 0 Å². The third-order valence-electron chi connectivity index (χ3n) is 4.75. The van der Waals surface area contributed by atoms with Crippen molar-refractivity contribution in [1.29, 1.82) is 5.41 Å². The van der Waals surface area contributed by atoms with Crippen LogP contribution in [0, 0.1) is 11.2 Å². The highest BCUT2D eigenvalue weighted by molar-refractivity contribution is 5.86. The van der Waals surface area contributed by atoms with Crippen molar-refractivity contribution in [2.24, 2.45) is 0 Å². The zero-order valence-electron chi connectivity index (χ0n) is 15.9. The van der Waals surface area contributed by atoms with Gasteiger partial charge in [-0.3, -0.25) is 4.79 Å². The summed E-state index contributed by atoms with van der Waals surface area (Å²) in [7, 11) is 0. The number of para-hydroxylation sites is 1. The Kier molecular flexibility index (Phi) is 5.38. The lowest BCUT2D eigenvalue weighted by Gasteiger charge is -2.36. The highest BCUT2D eigenvalue weighted by Crippen LogP contribution is 2.26. The summed E-state index contributed by atoms with van der Waals surface area (Å²) in [6, 6.07) is 15.0. The van der Waals surface area contributed by atoms with Crippen LogP contribution < -0.4 is 15.6 Å². The lowest BCUT2D eigenvalue weighted by atomic mass is 10.1. The average molecular weight is 407 g/mol. The number of rotatable bonds is 6. The molecule has 0 aliphatic carbocycles. The fraction of sp³-hybridized carbons (Fsp3) is 0.136. The number of nitrogens with zero attached hydrogens (tertiary/aromatic N) is 3. The monoisotopic (exact) mass is 407 g/mol. The lowest BCUT2D eigenvalue weighted by molar-refractivity contribution is 0.274. The zero-order valence-corrected chi connectivity index (χ0v) is 15.9. The van der Waals surface area contributed by atoms with Gasteiger partial charge in [-0.1, -0.05) is 18.2 Å². The normalized spacial score (nSPS) is 14.3. The van der Waals surface area contributed by atoms with Gasteiger partial charge in [-0.05, 0) is 36.4 Å². The van der Waals surface area contributed by atoms with Crippen LogP contribution in [0.15, 0.2) is 71.7 Å². The molecule has 1 saturated heterocycles. The summed E-state index contributed by atoms with van der Waals surface area (Å²) in [5, 5.41) is 14.8. The van der Waals surface area contributed by atoms with Crippen molar-refractivity contribution in [2.75, 3.05) is 23.3 Å². The molecule has 2 aromatic carbocycles. The molecule has 1 aliphatic heterocycles. The topological polar surface area (TPSA) is 74.0 Å². The van der Waals surface area contributed by atoms with Crippen LogP contribution in [0.2, 0.25) is 0 Å². The standard InChI is InChI=1S/C22H19F2N5O/c23-15-13-28(14-15)17-6-7-20(18(24)12-17)29-11-9-21(30)22(27-29)19(8-10-25)26-16-4-2-1-3-5-16/h1-12,15,25-26H,13-14H2/b19-8-,25-10?. The van der Waals surface area contributed by atoms with Gasteiger partial charge in [-0.25, -0.2) is 13.5 Å². The first kappa shape index (κ1) is 19.5. The molecule has 1 aliphatic rings. The van der Waals surface area contributed by atoms with Gasteiger partial charge in [-0.2, -0.15) is 5.10 Å². The van der Waals surface area contributed by atoms with Crippen molar-refractivity contribution < 1.29 is 8.78 Å². The van der Waals surface area contributed by atoms with Crippen LogP contribution in [0.3, 0.4) is 0 Å². The van der Waals surface area contributed by atoms with E-state index in [0.29, 0.717) is 11.4 Å². The predicted molar refractivity (Wildman–Crippen MR) is 114 cm³/mol. The van der Waals surface area contributed by atoms with Gasteiger partial charge in [0.05, 0.1) is 18.8 Å². The Morgan fingerprint density at radius 2 is 1.93 bits per heavy atom. The molecule has 0 saturated carbocycles. The molecule has 152 valence electrons. The summed E-state index contributed by atoms with van der Waals surface area (Å²) in [6.07, 6.45) is 2.96. The van der Waals surface area contributed by atoms with Gasteiger partial charge in [0, 0.05) is 29.9 Å². The molecule has 0 spiro atoms. The van der Waals surface area contributed by atoms with Crippen LogP contribution in [0.4, 0.5) is 20.2 Å². The molecule has 0 bridgehead atoms. The van der Waals surface area contributed by atoms with Gasteiger partial charge in [0.15, 0.2) is 11.5 Å². The fourth-order valence-corrected chi connectivity index (χ4v) is 3.18. The maximum absolute atomic E-state index is 14.8. The third kappa shape index (κ3) is 3.98. The first-order valence-electron chi connectivity index (χ1n) is 9.37. The summed E-state index contributed by atoms with van der Waals surface area (Å²) in [5.74, 6) is -0.537. The maximum atomic E-state index is 14.8. The van der Waals surface area contributed by atoms with Crippen molar-refractivity contribution >= 4 is 23.3 Å². The quantitative estimate of drug-likeness (QED) is 0.612. The molecule has 0 amide bonds. The molecular weight excluding hydrogens is 388 g/mol. The van der Waals surface area contributed by atoms with E-state index in [4.69, 9.17) is 5.41 Å². The number of alkyl halides is 1. The zero-order chi connectivity index (χ0) is 21.1. The van der Waals surface area contributed by atoms with Gasteiger partial charge in [-0.15, -0.1) is 0 Å². The number of anilines is 2. The summed E-state index contributed by atoms with van der Waals surface area (Å²) in [6.45, 7) is 0.504.